The van der Waals surface area contributed by atoms with Gasteiger partial charge in [0.2, 0.25) is 5.88 Å². The van der Waals surface area contributed by atoms with E-state index in [-0.39, 0.29) is 5.82 Å². The van der Waals surface area contributed by atoms with Crippen molar-refractivity contribution in [1.82, 2.24) is 19.7 Å². The lowest BCUT2D eigenvalue weighted by molar-refractivity contribution is 0.444. The summed E-state index contributed by atoms with van der Waals surface area (Å²) in [4.78, 5) is 8.61. The van der Waals surface area contributed by atoms with Crippen molar-refractivity contribution in [1.29, 1.82) is 0 Å². The van der Waals surface area contributed by atoms with Crippen molar-refractivity contribution >= 4 is 0 Å². The first-order valence-electron chi connectivity index (χ1n) is 12.0. The molecule has 0 bridgehead atoms. The van der Waals surface area contributed by atoms with Gasteiger partial charge in [-0.2, -0.15) is 9.78 Å². The summed E-state index contributed by atoms with van der Waals surface area (Å²) in [7, 11) is 0. The van der Waals surface area contributed by atoms with E-state index >= 15 is 0 Å². The largest absolute Gasteiger partial charge is 0.438 e. The summed E-state index contributed by atoms with van der Waals surface area (Å²) in [6, 6.07) is 35.9. The fourth-order valence-corrected chi connectivity index (χ4v) is 4.34. The van der Waals surface area contributed by atoms with Crippen molar-refractivity contribution in [2.45, 2.75) is 6.92 Å². The third-order valence-corrected chi connectivity index (χ3v) is 6.10. The Bertz CT molecular complexity index is 1580. The molecule has 6 aromatic rings. The van der Waals surface area contributed by atoms with Crippen LogP contribution < -0.4 is 4.74 Å². The third kappa shape index (κ3) is 4.41. The summed E-state index contributed by atoms with van der Waals surface area (Å²) in [5.74, 6) is 1.29. The maximum atomic E-state index is 13.6. The van der Waals surface area contributed by atoms with E-state index in [0.29, 0.717) is 17.5 Å². The van der Waals surface area contributed by atoms with Crippen LogP contribution in [0.2, 0.25) is 0 Å². The molecule has 0 amide bonds. The number of para-hydroxylation sites is 1. The molecule has 5 nitrogen and oxygen atoms in total. The predicted octanol–water partition coefficient (Wildman–Crippen LogP) is 7.84. The molecule has 2 heterocycles. The van der Waals surface area contributed by atoms with Gasteiger partial charge >= 0.3 is 0 Å². The molecule has 0 saturated carbocycles. The predicted molar refractivity (Wildman–Crippen MR) is 143 cm³/mol. The van der Waals surface area contributed by atoms with Gasteiger partial charge in [-0.15, -0.1) is 0 Å². The zero-order valence-corrected chi connectivity index (χ0v) is 20.1. The van der Waals surface area contributed by atoms with Crippen molar-refractivity contribution < 1.29 is 9.13 Å². The Morgan fingerprint density at radius 1 is 0.730 bits per heavy atom. The van der Waals surface area contributed by atoms with Gasteiger partial charge < -0.3 is 9.72 Å². The minimum absolute atomic E-state index is 0.327. The minimum Gasteiger partial charge on any atom is -0.438 e. The summed E-state index contributed by atoms with van der Waals surface area (Å²) in [6.45, 7) is 1.93. The zero-order chi connectivity index (χ0) is 25.2. The third-order valence-electron chi connectivity index (χ3n) is 6.10. The molecule has 0 aliphatic rings. The van der Waals surface area contributed by atoms with Gasteiger partial charge in [-0.05, 0) is 43.3 Å². The molecule has 0 saturated heterocycles. The van der Waals surface area contributed by atoms with Crippen molar-refractivity contribution in [2.75, 3.05) is 0 Å². The molecule has 0 fully saturated rings. The number of hydrogen-bond donors (Lipinski definition) is 1. The van der Waals surface area contributed by atoms with E-state index in [1.54, 1.807) is 16.8 Å². The lowest BCUT2D eigenvalue weighted by Crippen LogP contribution is -2.00. The van der Waals surface area contributed by atoms with Gasteiger partial charge in [-0.25, -0.2) is 9.37 Å². The molecule has 1 N–H and O–H groups in total. The summed E-state index contributed by atoms with van der Waals surface area (Å²) in [6.07, 6.45) is 0. The number of nitrogens with zero attached hydrogens (tertiary/aromatic N) is 3. The number of hydrogen-bond acceptors (Lipinski definition) is 3. The number of ether oxygens (including phenoxy) is 1. The molecule has 0 atom stereocenters. The van der Waals surface area contributed by atoms with Gasteiger partial charge in [-0.1, -0.05) is 78.9 Å². The minimum atomic E-state index is -0.327. The molecule has 0 unspecified atom stereocenters. The Kier molecular flexibility index (Phi) is 5.83. The summed E-state index contributed by atoms with van der Waals surface area (Å²) in [5.41, 5.74) is 6.07. The standard InChI is InChI=1S/C31H23FN4O/c1-21-27(30-33-28(22-11-5-2-6-12-22)29(34-30)23-13-7-3-8-14-23)31(37-26-19-17-24(32)18-20-26)36(35-21)25-15-9-4-10-16-25/h2-20H,1H3,(H,33,34). The SMILES string of the molecule is Cc1nn(-c2ccccc2)c(Oc2ccc(F)cc2)c1-c1nc(-c2ccccc2)c(-c2ccccc2)[nH]1. The maximum Gasteiger partial charge on any atom is 0.233 e. The second-order valence-electron chi connectivity index (χ2n) is 8.61. The highest BCUT2D eigenvalue weighted by Crippen LogP contribution is 2.40. The van der Waals surface area contributed by atoms with Crippen molar-refractivity contribution in [2.24, 2.45) is 0 Å². The van der Waals surface area contributed by atoms with E-state index in [4.69, 9.17) is 14.8 Å². The highest BCUT2D eigenvalue weighted by Gasteiger charge is 2.25. The summed E-state index contributed by atoms with van der Waals surface area (Å²) >= 11 is 0. The smallest absolute Gasteiger partial charge is 0.233 e. The first kappa shape index (κ1) is 22.5. The average Bonchev–Trinajstić information content (AvgIpc) is 3.52. The van der Waals surface area contributed by atoms with E-state index in [9.17, 15) is 4.39 Å². The zero-order valence-electron chi connectivity index (χ0n) is 20.1. The number of imidazole rings is 1. The quantitative estimate of drug-likeness (QED) is 0.261. The van der Waals surface area contributed by atoms with Crippen LogP contribution in [0.5, 0.6) is 11.6 Å². The van der Waals surface area contributed by atoms with E-state index in [0.717, 1.165) is 39.5 Å². The molecule has 6 heteroatoms. The molecule has 37 heavy (non-hydrogen) atoms. The van der Waals surface area contributed by atoms with Crippen molar-refractivity contribution in [3.63, 3.8) is 0 Å². The number of rotatable bonds is 6. The number of aromatic amines is 1. The fourth-order valence-electron chi connectivity index (χ4n) is 4.34. The molecular formula is C31H23FN4O. The van der Waals surface area contributed by atoms with Gasteiger partial charge in [-0.3, -0.25) is 0 Å². The molecular weight excluding hydrogens is 463 g/mol. The van der Waals surface area contributed by atoms with Gasteiger partial charge in [0.1, 0.15) is 23.0 Å². The highest BCUT2D eigenvalue weighted by molar-refractivity contribution is 5.82. The van der Waals surface area contributed by atoms with Crippen LogP contribution in [0.3, 0.4) is 0 Å². The Hall–Kier alpha value is -4.97. The van der Waals surface area contributed by atoms with Crippen LogP contribution in [-0.4, -0.2) is 19.7 Å². The van der Waals surface area contributed by atoms with Crippen LogP contribution in [-0.2, 0) is 0 Å². The monoisotopic (exact) mass is 486 g/mol. The average molecular weight is 487 g/mol. The second kappa shape index (κ2) is 9.59. The van der Waals surface area contributed by atoms with Gasteiger partial charge in [0, 0.05) is 11.1 Å². The summed E-state index contributed by atoms with van der Waals surface area (Å²) in [5, 5.41) is 4.81. The molecule has 0 aliphatic heterocycles. The van der Waals surface area contributed by atoms with Gasteiger partial charge in [0.05, 0.1) is 22.8 Å². The first-order chi connectivity index (χ1) is 18.2. The van der Waals surface area contributed by atoms with E-state index in [2.05, 4.69) is 17.1 Å². The lowest BCUT2D eigenvalue weighted by Gasteiger charge is -2.10. The maximum absolute atomic E-state index is 13.6. The highest BCUT2D eigenvalue weighted by atomic mass is 19.1. The first-order valence-corrected chi connectivity index (χ1v) is 12.0. The van der Waals surface area contributed by atoms with Gasteiger partial charge in [0.15, 0.2) is 0 Å². The van der Waals surface area contributed by atoms with E-state index in [1.807, 2.05) is 85.8 Å². The summed E-state index contributed by atoms with van der Waals surface area (Å²) < 4.78 is 21.7. The van der Waals surface area contributed by atoms with Crippen LogP contribution in [0, 0.1) is 12.7 Å². The number of nitrogens with one attached hydrogen (secondary N) is 1. The van der Waals surface area contributed by atoms with E-state index < -0.39 is 0 Å². The molecule has 0 aliphatic carbocycles. The van der Waals surface area contributed by atoms with Crippen LogP contribution in [0.15, 0.2) is 115 Å². The Morgan fingerprint density at radius 2 is 1.32 bits per heavy atom. The molecule has 0 radical (unpaired) electrons. The molecule has 2 aromatic heterocycles. The number of H-pyrrole nitrogens is 1. The Morgan fingerprint density at radius 3 is 1.97 bits per heavy atom. The van der Waals surface area contributed by atoms with Crippen LogP contribution in [0.25, 0.3) is 39.6 Å². The van der Waals surface area contributed by atoms with Crippen molar-refractivity contribution in [3.8, 4) is 51.2 Å². The topological polar surface area (TPSA) is 55.7 Å². The number of benzene rings is 4. The number of aryl methyl sites for hydroxylation is 1. The molecule has 4 aromatic carbocycles. The van der Waals surface area contributed by atoms with Crippen LogP contribution in [0.4, 0.5) is 4.39 Å². The van der Waals surface area contributed by atoms with Crippen LogP contribution in [0.1, 0.15) is 5.69 Å². The number of aromatic nitrogens is 4. The second-order valence-corrected chi connectivity index (χ2v) is 8.61. The van der Waals surface area contributed by atoms with Crippen LogP contribution >= 0.6 is 0 Å². The molecule has 0 spiro atoms. The number of halogens is 1. The lowest BCUT2D eigenvalue weighted by atomic mass is 10.1. The fraction of sp³-hybridized carbons (Fsp3) is 0.0323. The Balaban J connectivity index is 1.56. The molecule has 6 rings (SSSR count). The van der Waals surface area contributed by atoms with E-state index in [1.165, 1.54) is 12.1 Å². The van der Waals surface area contributed by atoms with Gasteiger partial charge in [0.25, 0.3) is 0 Å². The molecule has 180 valence electrons. The van der Waals surface area contributed by atoms with Crippen molar-refractivity contribution in [3.05, 3.63) is 127 Å². The Labute approximate surface area is 213 Å². The normalized spacial score (nSPS) is 11.0.